The SMILES string of the molecule is N=C(N)SCc1ccccc1S(=O)(=O)c1ccccc1CSC(=N)N. The van der Waals surface area contributed by atoms with Crippen LogP contribution in [0.15, 0.2) is 58.3 Å². The number of benzene rings is 2. The summed E-state index contributed by atoms with van der Waals surface area (Å²) in [6.45, 7) is 0. The van der Waals surface area contributed by atoms with Crippen LogP contribution in [0.25, 0.3) is 0 Å². The lowest BCUT2D eigenvalue weighted by atomic mass is 10.2. The Morgan fingerprint density at radius 2 is 1.16 bits per heavy atom. The first-order chi connectivity index (χ1) is 11.8. The van der Waals surface area contributed by atoms with Gasteiger partial charge in [-0.3, -0.25) is 10.8 Å². The molecule has 25 heavy (non-hydrogen) atoms. The lowest BCUT2D eigenvalue weighted by molar-refractivity contribution is 0.594. The van der Waals surface area contributed by atoms with Crippen LogP contribution < -0.4 is 11.5 Å². The van der Waals surface area contributed by atoms with Gasteiger partial charge in [0.25, 0.3) is 0 Å². The molecule has 0 atom stereocenters. The van der Waals surface area contributed by atoms with Gasteiger partial charge in [0.05, 0.1) is 9.79 Å². The summed E-state index contributed by atoms with van der Waals surface area (Å²) in [5.41, 5.74) is 11.9. The van der Waals surface area contributed by atoms with Crippen LogP contribution in [0.5, 0.6) is 0 Å². The molecule has 6 nitrogen and oxygen atoms in total. The Labute approximate surface area is 155 Å². The fourth-order valence-electron chi connectivity index (χ4n) is 2.20. The van der Waals surface area contributed by atoms with Crippen molar-refractivity contribution in [3.05, 3.63) is 59.7 Å². The van der Waals surface area contributed by atoms with Crippen molar-refractivity contribution in [3.8, 4) is 0 Å². The van der Waals surface area contributed by atoms with Crippen molar-refractivity contribution in [2.24, 2.45) is 11.5 Å². The number of hydrogen-bond donors (Lipinski definition) is 4. The zero-order valence-electron chi connectivity index (χ0n) is 13.2. The molecule has 132 valence electrons. The average molecular weight is 395 g/mol. The lowest BCUT2D eigenvalue weighted by Crippen LogP contribution is -2.10. The number of hydrogen-bond acceptors (Lipinski definition) is 6. The number of amidine groups is 2. The third kappa shape index (κ3) is 5.00. The molecule has 0 radical (unpaired) electrons. The molecule has 0 heterocycles. The van der Waals surface area contributed by atoms with E-state index < -0.39 is 9.84 Å². The van der Waals surface area contributed by atoms with Crippen molar-refractivity contribution >= 4 is 43.7 Å². The zero-order valence-corrected chi connectivity index (χ0v) is 15.7. The minimum atomic E-state index is -3.75. The summed E-state index contributed by atoms with van der Waals surface area (Å²) in [7, 11) is -3.75. The zero-order chi connectivity index (χ0) is 18.4. The summed E-state index contributed by atoms with van der Waals surface area (Å²) < 4.78 is 26.4. The molecule has 0 unspecified atom stereocenters. The quantitative estimate of drug-likeness (QED) is 0.440. The van der Waals surface area contributed by atoms with Gasteiger partial charge in [0.1, 0.15) is 0 Å². The summed E-state index contributed by atoms with van der Waals surface area (Å²) in [6, 6.07) is 13.4. The van der Waals surface area contributed by atoms with E-state index in [-0.39, 0.29) is 20.1 Å². The highest BCUT2D eigenvalue weighted by Crippen LogP contribution is 2.30. The van der Waals surface area contributed by atoms with E-state index in [0.29, 0.717) is 22.6 Å². The van der Waals surface area contributed by atoms with E-state index in [2.05, 4.69) is 0 Å². The van der Waals surface area contributed by atoms with E-state index in [9.17, 15) is 8.42 Å². The molecular formula is C16H18N4O2S3. The normalized spacial score (nSPS) is 11.2. The first-order valence-corrected chi connectivity index (χ1v) is 10.6. The molecule has 0 aliphatic carbocycles. The summed E-state index contributed by atoms with van der Waals surface area (Å²) in [4.78, 5) is 0.396. The Hall–Kier alpha value is -1.97. The topological polar surface area (TPSA) is 134 Å². The van der Waals surface area contributed by atoms with E-state index in [0.717, 1.165) is 23.5 Å². The van der Waals surface area contributed by atoms with Crippen LogP contribution in [-0.2, 0) is 21.3 Å². The van der Waals surface area contributed by atoms with Gasteiger partial charge in [-0.05, 0) is 23.3 Å². The molecule has 2 aromatic rings. The predicted molar refractivity (Wildman–Crippen MR) is 105 cm³/mol. The molecule has 0 saturated heterocycles. The van der Waals surface area contributed by atoms with E-state index in [4.69, 9.17) is 22.3 Å². The van der Waals surface area contributed by atoms with Crippen LogP contribution in [0.1, 0.15) is 11.1 Å². The summed E-state index contributed by atoms with van der Waals surface area (Å²) in [5.74, 6) is 0.601. The van der Waals surface area contributed by atoms with E-state index in [1.807, 2.05) is 0 Å². The van der Waals surface area contributed by atoms with Crippen molar-refractivity contribution in [1.29, 1.82) is 10.8 Å². The Kier molecular flexibility index (Phi) is 6.51. The molecule has 0 aliphatic heterocycles. The molecule has 2 rings (SSSR count). The summed E-state index contributed by atoms with van der Waals surface area (Å²) >= 11 is 2.15. The molecule has 0 saturated carbocycles. The lowest BCUT2D eigenvalue weighted by Gasteiger charge is -2.13. The molecule has 0 amide bonds. The molecule has 0 fully saturated rings. The second-order valence-corrected chi connectivity index (χ2v) is 8.95. The Balaban J connectivity index is 2.46. The molecule has 6 N–H and O–H groups in total. The van der Waals surface area contributed by atoms with Gasteiger partial charge in [-0.2, -0.15) is 0 Å². The van der Waals surface area contributed by atoms with Crippen molar-refractivity contribution < 1.29 is 8.42 Å². The second-order valence-electron chi connectivity index (χ2n) is 5.02. The van der Waals surface area contributed by atoms with Crippen LogP contribution in [0.2, 0.25) is 0 Å². The summed E-state index contributed by atoms with van der Waals surface area (Å²) in [6.07, 6.45) is 0. The number of thioether (sulfide) groups is 2. The highest BCUT2D eigenvalue weighted by molar-refractivity contribution is 8.13. The first kappa shape index (κ1) is 19.4. The van der Waals surface area contributed by atoms with Gasteiger partial charge in [-0.1, -0.05) is 59.9 Å². The average Bonchev–Trinajstić information content (AvgIpc) is 2.58. The van der Waals surface area contributed by atoms with Gasteiger partial charge in [0.15, 0.2) is 10.3 Å². The maximum Gasteiger partial charge on any atom is 0.207 e. The number of nitrogens with two attached hydrogens (primary N) is 2. The van der Waals surface area contributed by atoms with Crippen LogP contribution in [-0.4, -0.2) is 18.8 Å². The van der Waals surface area contributed by atoms with Gasteiger partial charge < -0.3 is 11.5 Å². The smallest absolute Gasteiger partial charge is 0.207 e. The van der Waals surface area contributed by atoms with E-state index in [1.165, 1.54) is 0 Å². The summed E-state index contributed by atoms with van der Waals surface area (Å²) in [5, 5.41) is 14.5. The second kappa shape index (κ2) is 8.41. The van der Waals surface area contributed by atoms with Crippen LogP contribution in [0.4, 0.5) is 0 Å². The molecule has 9 heteroatoms. The maximum absolute atomic E-state index is 13.2. The molecule has 0 aromatic heterocycles. The third-order valence-corrected chi connectivity index (χ3v) is 6.78. The van der Waals surface area contributed by atoms with Crippen LogP contribution >= 0.6 is 23.5 Å². The van der Waals surface area contributed by atoms with Crippen molar-refractivity contribution in [2.75, 3.05) is 0 Å². The van der Waals surface area contributed by atoms with E-state index >= 15 is 0 Å². The fourth-order valence-corrected chi connectivity index (χ4v) is 5.23. The fraction of sp³-hybridized carbons (Fsp3) is 0.125. The molecule has 0 spiro atoms. The van der Waals surface area contributed by atoms with Gasteiger partial charge in [0, 0.05) is 11.5 Å². The van der Waals surface area contributed by atoms with Gasteiger partial charge >= 0.3 is 0 Å². The Bertz CT molecular complexity index is 830. The molecular weight excluding hydrogens is 376 g/mol. The minimum Gasteiger partial charge on any atom is -0.379 e. The van der Waals surface area contributed by atoms with Crippen molar-refractivity contribution in [1.82, 2.24) is 0 Å². The Morgan fingerprint density at radius 1 is 0.800 bits per heavy atom. The monoisotopic (exact) mass is 394 g/mol. The van der Waals surface area contributed by atoms with Gasteiger partial charge in [0.2, 0.25) is 9.84 Å². The molecule has 0 aliphatic rings. The molecule has 2 aromatic carbocycles. The third-order valence-electron chi connectivity index (χ3n) is 3.29. The number of sulfone groups is 1. The standard InChI is InChI=1S/C16H18N4O2S3/c17-15(18)23-9-11-5-1-3-7-13(11)25(21,22)14-8-4-2-6-12(14)10-24-16(19)20/h1-8H,9-10H2,(H3,17,18)(H3,19,20). The highest BCUT2D eigenvalue weighted by atomic mass is 32.2. The largest absolute Gasteiger partial charge is 0.379 e. The maximum atomic E-state index is 13.2. The molecule has 0 bridgehead atoms. The number of rotatable bonds is 6. The van der Waals surface area contributed by atoms with Crippen molar-refractivity contribution in [3.63, 3.8) is 0 Å². The van der Waals surface area contributed by atoms with Crippen molar-refractivity contribution in [2.45, 2.75) is 21.3 Å². The van der Waals surface area contributed by atoms with E-state index in [1.54, 1.807) is 48.5 Å². The first-order valence-electron chi connectivity index (χ1n) is 7.17. The van der Waals surface area contributed by atoms with Gasteiger partial charge in [-0.25, -0.2) is 8.42 Å². The predicted octanol–water partition coefficient (Wildman–Crippen LogP) is 2.77. The van der Waals surface area contributed by atoms with Crippen LogP contribution in [0.3, 0.4) is 0 Å². The highest BCUT2D eigenvalue weighted by Gasteiger charge is 2.23. The van der Waals surface area contributed by atoms with Crippen LogP contribution in [0, 0.1) is 10.8 Å². The minimum absolute atomic E-state index is 0.0644. The number of nitrogens with one attached hydrogen (secondary N) is 2. The Morgan fingerprint density at radius 3 is 1.52 bits per heavy atom. The van der Waals surface area contributed by atoms with Gasteiger partial charge in [-0.15, -0.1) is 0 Å².